The Kier molecular flexibility index (Phi) is 8.06. The highest BCUT2D eigenvalue weighted by molar-refractivity contribution is 7.88. The van der Waals surface area contributed by atoms with Crippen LogP contribution in [0.25, 0.3) is 16.9 Å². The van der Waals surface area contributed by atoms with Gasteiger partial charge in [0, 0.05) is 15.6 Å². The molecule has 0 aliphatic rings. The molecule has 4 aromatic rings. The zero-order valence-corrected chi connectivity index (χ0v) is 22.2. The minimum absolute atomic E-state index is 0.0931. The maximum absolute atomic E-state index is 12.8. The van der Waals surface area contributed by atoms with Gasteiger partial charge in [-0.05, 0) is 48.0 Å². The Morgan fingerprint density at radius 2 is 1.58 bits per heavy atom. The number of nitrogens with zero attached hydrogens (tertiary/aromatic N) is 3. The standard InChI is InChI=1S/C25H16Cl3F3N4O2S/c26-18-7-3-16(4-8-18)24-20(12-32)22(34-35(24)23-10-9-19(27)11-21(23)28)13-33-38(36,37)14-15-1-5-17(6-2-15)25(29,30)31/h1-11,33H,13-14H2. The minimum Gasteiger partial charge on any atom is -0.230 e. The van der Waals surface area contributed by atoms with Crippen LogP contribution in [0.1, 0.15) is 22.4 Å². The van der Waals surface area contributed by atoms with Gasteiger partial charge in [-0.15, -0.1) is 0 Å². The van der Waals surface area contributed by atoms with Gasteiger partial charge in [-0.2, -0.15) is 23.5 Å². The summed E-state index contributed by atoms with van der Waals surface area (Å²) < 4.78 is 67.6. The Bertz CT molecular complexity index is 1630. The summed E-state index contributed by atoms with van der Waals surface area (Å²) in [6.07, 6.45) is -4.53. The third kappa shape index (κ3) is 6.31. The van der Waals surface area contributed by atoms with Crippen molar-refractivity contribution >= 4 is 44.8 Å². The van der Waals surface area contributed by atoms with Crippen molar-refractivity contribution in [3.63, 3.8) is 0 Å². The van der Waals surface area contributed by atoms with Gasteiger partial charge >= 0.3 is 6.18 Å². The largest absolute Gasteiger partial charge is 0.416 e. The molecule has 0 radical (unpaired) electrons. The molecule has 196 valence electrons. The SMILES string of the molecule is N#Cc1c(CNS(=O)(=O)Cc2ccc(C(F)(F)F)cc2)nn(-c2ccc(Cl)cc2Cl)c1-c1ccc(Cl)cc1. The van der Waals surface area contributed by atoms with Crippen LogP contribution in [-0.2, 0) is 28.5 Å². The molecule has 0 amide bonds. The molecule has 0 saturated carbocycles. The van der Waals surface area contributed by atoms with Crippen LogP contribution in [0.3, 0.4) is 0 Å². The van der Waals surface area contributed by atoms with Gasteiger partial charge < -0.3 is 0 Å². The highest BCUT2D eigenvalue weighted by Gasteiger charge is 2.30. The number of hydrogen-bond acceptors (Lipinski definition) is 4. The summed E-state index contributed by atoms with van der Waals surface area (Å²) in [4.78, 5) is 0. The normalized spacial score (nSPS) is 11.9. The molecule has 0 aliphatic heterocycles. The maximum atomic E-state index is 12.8. The van der Waals surface area contributed by atoms with E-state index in [-0.39, 0.29) is 28.4 Å². The Morgan fingerprint density at radius 1 is 0.947 bits per heavy atom. The van der Waals surface area contributed by atoms with Crippen LogP contribution >= 0.6 is 34.8 Å². The molecular weight excluding hydrogens is 584 g/mol. The smallest absolute Gasteiger partial charge is 0.230 e. The van der Waals surface area contributed by atoms with Crippen molar-refractivity contribution in [3.8, 4) is 23.0 Å². The summed E-state index contributed by atoms with van der Waals surface area (Å²) in [6, 6.07) is 17.2. The van der Waals surface area contributed by atoms with E-state index < -0.39 is 27.5 Å². The van der Waals surface area contributed by atoms with Gasteiger partial charge in [-0.3, -0.25) is 0 Å². The van der Waals surface area contributed by atoms with E-state index in [9.17, 15) is 26.9 Å². The molecule has 6 nitrogen and oxygen atoms in total. The van der Waals surface area contributed by atoms with E-state index in [4.69, 9.17) is 34.8 Å². The maximum Gasteiger partial charge on any atom is 0.416 e. The molecule has 1 aromatic heterocycles. The molecule has 38 heavy (non-hydrogen) atoms. The third-order valence-electron chi connectivity index (χ3n) is 5.42. The molecule has 13 heteroatoms. The van der Waals surface area contributed by atoms with Crippen molar-refractivity contribution in [2.75, 3.05) is 0 Å². The van der Waals surface area contributed by atoms with Crippen molar-refractivity contribution in [2.45, 2.75) is 18.5 Å². The fourth-order valence-electron chi connectivity index (χ4n) is 3.64. The third-order valence-corrected chi connectivity index (χ3v) is 7.51. The van der Waals surface area contributed by atoms with E-state index in [2.05, 4.69) is 15.9 Å². The number of nitrogens with one attached hydrogen (secondary N) is 1. The fourth-order valence-corrected chi connectivity index (χ4v) is 5.35. The van der Waals surface area contributed by atoms with Crippen LogP contribution in [0.2, 0.25) is 15.1 Å². The predicted molar refractivity (Wildman–Crippen MR) is 140 cm³/mol. The number of alkyl halides is 3. The van der Waals surface area contributed by atoms with Crippen LogP contribution < -0.4 is 4.72 Å². The van der Waals surface area contributed by atoms with E-state index in [0.29, 0.717) is 27.0 Å². The van der Waals surface area contributed by atoms with Crippen molar-refractivity contribution < 1.29 is 21.6 Å². The number of sulfonamides is 1. The highest BCUT2D eigenvalue weighted by atomic mass is 35.5. The lowest BCUT2D eigenvalue weighted by Crippen LogP contribution is -2.25. The average Bonchev–Trinajstić information content (AvgIpc) is 3.21. The van der Waals surface area contributed by atoms with Gasteiger partial charge in [0.2, 0.25) is 10.0 Å². The lowest BCUT2D eigenvalue weighted by atomic mass is 10.1. The Hall–Kier alpha value is -3.07. The first kappa shape index (κ1) is 28.0. The van der Waals surface area contributed by atoms with Crippen molar-refractivity contribution in [2.24, 2.45) is 0 Å². The van der Waals surface area contributed by atoms with E-state index in [0.717, 1.165) is 24.3 Å². The Morgan fingerprint density at radius 3 is 2.16 bits per heavy atom. The lowest BCUT2D eigenvalue weighted by molar-refractivity contribution is -0.137. The zero-order valence-electron chi connectivity index (χ0n) is 19.1. The summed E-state index contributed by atoms with van der Waals surface area (Å²) in [7, 11) is -4.01. The summed E-state index contributed by atoms with van der Waals surface area (Å²) in [5.41, 5.74) is 0.804. The van der Waals surface area contributed by atoms with Crippen LogP contribution in [-0.4, -0.2) is 18.2 Å². The topological polar surface area (TPSA) is 87.8 Å². The van der Waals surface area contributed by atoms with Crippen LogP contribution in [0.4, 0.5) is 13.2 Å². The van der Waals surface area contributed by atoms with Crippen molar-refractivity contribution in [1.82, 2.24) is 14.5 Å². The van der Waals surface area contributed by atoms with Gasteiger partial charge in [0.15, 0.2) is 0 Å². The van der Waals surface area contributed by atoms with Gasteiger partial charge in [0.05, 0.1) is 40.0 Å². The van der Waals surface area contributed by atoms with E-state index in [1.54, 1.807) is 36.4 Å². The van der Waals surface area contributed by atoms with E-state index in [1.165, 1.54) is 10.7 Å². The summed E-state index contributed by atoms with van der Waals surface area (Å²) >= 11 is 18.4. The van der Waals surface area contributed by atoms with Gasteiger partial charge in [0.25, 0.3) is 0 Å². The summed E-state index contributed by atoms with van der Waals surface area (Å²) in [5, 5.41) is 15.6. The number of aromatic nitrogens is 2. The number of rotatable bonds is 7. The van der Waals surface area contributed by atoms with Crippen LogP contribution in [0, 0.1) is 11.3 Å². The fraction of sp³-hybridized carbons (Fsp3) is 0.120. The zero-order chi connectivity index (χ0) is 27.7. The van der Waals surface area contributed by atoms with E-state index >= 15 is 0 Å². The van der Waals surface area contributed by atoms with Gasteiger partial charge in [-0.25, -0.2) is 17.8 Å². The van der Waals surface area contributed by atoms with Crippen LogP contribution in [0.15, 0.2) is 66.7 Å². The molecule has 0 aliphatic carbocycles. The molecule has 0 atom stereocenters. The molecule has 0 unspecified atom stereocenters. The molecule has 1 N–H and O–H groups in total. The van der Waals surface area contributed by atoms with Gasteiger partial charge in [0.1, 0.15) is 11.6 Å². The second-order valence-electron chi connectivity index (χ2n) is 8.07. The molecule has 0 saturated heterocycles. The lowest BCUT2D eigenvalue weighted by Gasteiger charge is -2.10. The second kappa shape index (κ2) is 11.0. The Labute approximate surface area is 231 Å². The molecule has 0 spiro atoms. The summed E-state index contributed by atoms with van der Waals surface area (Å²) in [6.45, 7) is -0.356. The molecule has 0 fully saturated rings. The highest BCUT2D eigenvalue weighted by Crippen LogP contribution is 2.33. The molecule has 0 bridgehead atoms. The number of hydrogen-bond donors (Lipinski definition) is 1. The monoisotopic (exact) mass is 598 g/mol. The molecule has 1 heterocycles. The first-order chi connectivity index (χ1) is 17.9. The number of halogens is 6. The second-order valence-corrected chi connectivity index (χ2v) is 11.2. The van der Waals surface area contributed by atoms with Crippen molar-refractivity contribution in [1.29, 1.82) is 5.26 Å². The first-order valence-electron chi connectivity index (χ1n) is 10.7. The van der Waals surface area contributed by atoms with Crippen LogP contribution in [0.5, 0.6) is 0 Å². The molecule has 3 aromatic carbocycles. The molecular formula is C25H16Cl3F3N4O2S. The molecule has 4 rings (SSSR count). The van der Waals surface area contributed by atoms with Crippen molar-refractivity contribution in [3.05, 3.63) is 104 Å². The Balaban J connectivity index is 1.68. The first-order valence-corrected chi connectivity index (χ1v) is 13.5. The minimum atomic E-state index is -4.53. The number of nitriles is 1. The number of benzene rings is 3. The van der Waals surface area contributed by atoms with E-state index in [1.807, 2.05) is 0 Å². The van der Waals surface area contributed by atoms with Gasteiger partial charge in [-0.1, -0.05) is 59.1 Å². The summed E-state index contributed by atoms with van der Waals surface area (Å²) in [5.74, 6) is -0.569. The predicted octanol–water partition coefficient (Wildman–Crippen LogP) is 7.01. The quantitative estimate of drug-likeness (QED) is 0.248. The average molecular weight is 600 g/mol.